The summed E-state index contributed by atoms with van der Waals surface area (Å²) in [5.74, 6) is 0. The van der Waals surface area contributed by atoms with Crippen molar-refractivity contribution in [3.8, 4) is 0 Å². The summed E-state index contributed by atoms with van der Waals surface area (Å²) in [6, 6.07) is 0. The zero-order valence-electron chi connectivity index (χ0n) is 11.4. The fraction of sp³-hybridized carbons (Fsp3) is 1.00. The van der Waals surface area contributed by atoms with Crippen LogP contribution in [-0.2, 0) is 0 Å². The van der Waals surface area contributed by atoms with E-state index in [1.165, 1.54) is 51.4 Å². The van der Waals surface area contributed by atoms with Crippen molar-refractivity contribution in [1.82, 2.24) is 0 Å². The molecule has 0 aromatic carbocycles. The summed E-state index contributed by atoms with van der Waals surface area (Å²) in [6.45, 7) is 4.46. The van der Waals surface area contributed by atoms with E-state index in [9.17, 15) is 0 Å². The second kappa shape index (κ2) is 8.31. The summed E-state index contributed by atoms with van der Waals surface area (Å²) in [6.07, 6.45) is 12.1. The molecule has 0 radical (unpaired) electrons. The second-order valence-corrected chi connectivity index (χ2v) is 4.98. The maximum absolute atomic E-state index is 4.25. The first-order valence-electron chi connectivity index (χ1n) is 7.17. The Bertz CT molecular complexity index is 222. The molecule has 0 unspecified atom stereocenters. The van der Waals surface area contributed by atoms with Gasteiger partial charge >= 0.3 is 0 Å². The molecule has 98 valence electrons. The van der Waals surface area contributed by atoms with Gasteiger partial charge in [0.05, 0.1) is 0 Å². The second-order valence-electron chi connectivity index (χ2n) is 4.98. The third-order valence-electron chi connectivity index (χ3n) is 3.36. The zero-order chi connectivity index (χ0) is 12.4. The van der Waals surface area contributed by atoms with E-state index in [2.05, 4.69) is 34.5 Å². The molecule has 1 rings (SSSR count). The standard InChI is InChI=1S/C13H26N4/c1-3-5-7-9-11-13(14-16-17-15-13)12-10-8-6-4-2/h3-12H2,1-2H3. The largest absolute Gasteiger partial charge is 0.195 e. The van der Waals surface area contributed by atoms with Crippen LogP contribution in [0.2, 0.25) is 0 Å². The third-order valence-corrected chi connectivity index (χ3v) is 3.36. The van der Waals surface area contributed by atoms with Crippen molar-refractivity contribution in [2.75, 3.05) is 0 Å². The molecule has 0 aromatic rings. The highest BCUT2D eigenvalue weighted by Crippen LogP contribution is 2.32. The average molecular weight is 238 g/mol. The maximum Gasteiger partial charge on any atom is 0.195 e. The van der Waals surface area contributed by atoms with Gasteiger partial charge in [0.25, 0.3) is 0 Å². The molecule has 1 heterocycles. The van der Waals surface area contributed by atoms with Crippen molar-refractivity contribution in [2.24, 2.45) is 20.7 Å². The van der Waals surface area contributed by atoms with Gasteiger partial charge in [0.15, 0.2) is 5.66 Å². The van der Waals surface area contributed by atoms with Crippen molar-refractivity contribution in [3.63, 3.8) is 0 Å². The van der Waals surface area contributed by atoms with E-state index in [-0.39, 0.29) is 5.66 Å². The molecule has 0 saturated heterocycles. The third kappa shape index (κ3) is 5.37. The molecule has 1 aliphatic rings. The summed E-state index contributed by atoms with van der Waals surface area (Å²) < 4.78 is 0. The van der Waals surface area contributed by atoms with E-state index in [1.54, 1.807) is 0 Å². The topological polar surface area (TPSA) is 49.4 Å². The molecule has 0 amide bonds. The first-order valence-corrected chi connectivity index (χ1v) is 7.17. The fourth-order valence-corrected chi connectivity index (χ4v) is 2.22. The van der Waals surface area contributed by atoms with E-state index in [0.717, 1.165) is 12.8 Å². The lowest BCUT2D eigenvalue weighted by molar-refractivity contribution is 0.348. The Morgan fingerprint density at radius 2 is 1.12 bits per heavy atom. The number of hydrogen-bond donors (Lipinski definition) is 0. The lowest BCUT2D eigenvalue weighted by Crippen LogP contribution is -2.21. The number of hydrogen-bond acceptors (Lipinski definition) is 4. The molecule has 17 heavy (non-hydrogen) atoms. The normalized spacial score (nSPS) is 16.8. The van der Waals surface area contributed by atoms with E-state index >= 15 is 0 Å². The molecule has 0 N–H and O–H groups in total. The minimum atomic E-state index is -0.290. The van der Waals surface area contributed by atoms with Crippen molar-refractivity contribution < 1.29 is 0 Å². The summed E-state index contributed by atoms with van der Waals surface area (Å²) in [7, 11) is 0. The number of nitrogens with zero attached hydrogens (tertiary/aromatic N) is 4. The Morgan fingerprint density at radius 1 is 0.647 bits per heavy atom. The highest BCUT2D eigenvalue weighted by molar-refractivity contribution is 4.84. The Balaban J connectivity index is 2.25. The highest BCUT2D eigenvalue weighted by atomic mass is 15.6. The van der Waals surface area contributed by atoms with Crippen molar-refractivity contribution in [3.05, 3.63) is 0 Å². The van der Waals surface area contributed by atoms with Crippen LogP contribution < -0.4 is 0 Å². The molecule has 0 saturated carbocycles. The predicted molar refractivity (Wildman–Crippen MR) is 70.0 cm³/mol. The van der Waals surface area contributed by atoms with Crippen LogP contribution in [0.25, 0.3) is 0 Å². The van der Waals surface area contributed by atoms with Gasteiger partial charge in [-0.3, -0.25) is 0 Å². The van der Waals surface area contributed by atoms with Gasteiger partial charge in [0.2, 0.25) is 0 Å². The molecule has 4 heteroatoms. The predicted octanol–water partition coefficient (Wildman–Crippen LogP) is 5.46. The lowest BCUT2D eigenvalue weighted by atomic mass is 9.96. The van der Waals surface area contributed by atoms with E-state index in [4.69, 9.17) is 0 Å². The van der Waals surface area contributed by atoms with Gasteiger partial charge in [0, 0.05) is 0 Å². The Labute approximate surface area is 105 Å². The molecule has 0 atom stereocenters. The van der Waals surface area contributed by atoms with Crippen LogP contribution in [0, 0.1) is 0 Å². The molecule has 0 aromatic heterocycles. The average Bonchev–Trinajstić information content (AvgIpc) is 2.80. The van der Waals surface area contributed by atoms with Crippen molar-refractivity contribution in [2.45, 2.75) is 83.7 Å². The summed E-state index contributed by atoms with van der Waals surface area (Å²) in [5.41, 5.74) is -0.290. The van der Waals surface area contributed by atoms with Crippen LogP contribution in [0.1, 0.15) is 78.1 Å². The first-order chi connectivity index (χ1) is 8.33. The molecule has 0 spiro atoms. The lowest BCUT2D eigenvalue weighted by Gasteiger charge is -2.19. The Morgan fingerprint density at radius 3 is 1.53 bits per heavy atom. The van der Waals surface area contributed by atoms with Gasteiger partial charge in [-0.15, -0.1) is 10.2 Å². The van der Waals surface area contributed by atoms with Crippen molar-refractivity contribution in [1.29, 1.82) is 0 Å². The molecule has 0 bridgehead atoms. The first kappa shape index (κ1) is 14.3. The van der Waals surface area contributed by atoms with Gasteiger partial charge in [-0.2, -0.15) is 0 Å². The van der Waals surface area contributed by atoms with Gasteiger partial charge < -0.3 is 0 Å². The van der Waals surface area contributed by atoms with Crippen LogP contribution in [0.3, 0.4) is 0 Å². The molecule has 0 aliphatic carbocycles. The summed E-state index contributed by atoms with van der Waals surface area (Å²) in [5, 5.41) is 15.9. The van der Waals surface area contributed by atoms with Gasteiger partial charge in [-0.25, -0.2) is 0 Å². The van der Waals surface area contributed by atoms with E-state index in [0.29, 0.717) is 0 Å². The highest BCUT2D eigenvalue weighted by Gasteiger charge is 2.31. The van der Waals surface area contributed by atoms with Crippen LogP contribution in [0.5, 0.6) is 0 Å². The monoisotopic (exact) mass is 238 g/mol. The Kier molecular flexibility index (Phi) is 6.97. The van der Waals surface area contributed by atoms with Crippen LogP contribution >= 0.6 is 0 Å². The van der Waals surface area contributed by atoms with Gasteiger partial charge in [-0.1, -0.05) is 52.4 Å². The minimum absolute atomic E-state index is 0.290. The smallest absolute Gasteiger partial charge is 0.135 e. The van der Waals surface area contributed by atoms with E-state index in [1.807, 2.05) is 0 Å². The van der Waals surface area contributed by atoms with Crippen LogP contribution in [0.4, 0.5) is 0 Å². The number of unbranched alkanes of at least 4 members (excludes halogenated alkanes) is 6. The molecular weight excluding hydrogens is 212 g/mol. The summed E-state index contributed by atoms with van der Waals surface area (Å²) >= 11 is 0. The van der Waals surface area contributed by atoms with Crippen molar-refractivity contribution >= 4 is 0 Å². The molecule has 4 nitrogen and oxygen atoms in total. The maximum atomic E-state index is 4.25. The molecule has 1 aliphatic heterocycles. The Hall–Kier alpha value is -0.800. The summed E-state index contributed by atoms with van der Waals surface area (Å²) in [4.78, 5) is 0. The minimum Gasteiger partial charge on any atom is -0.135 e. The zero-order valence-corrected chi connectivity index (χ0v) is 11.4. The SMILES string of the molecule is CCCCCCC1(CCCCCC)N=NN=N1. The van der Waals surface area contributed by atoms with Crippen LogP contribution in [0.15, 0.2) is 20.7 Å². The molecular formula is C13H26N4. The van der Waals surface area contributed by atoms with E-state index < -0.39 is 0 Å². The van der Waals surface area contributed by atoms with Gasteiger partial charge in [0.1, 0.15) is 0 Å². The van der Waals surface area contributed by atoms with Crippen LogP contribution in [-0.4, -0.2) is 5.66 Å². The number of rotatable bonds is 10. The van der Waals surface area contributed by atoms with Gasteiger partial charge in [-0.05, 0) is 36.1 Å². The fourth-order valence-electron chi connectivity index (χ4n) is 2.22. The molecule has 0 fully saturated rings. The quantitative estimate of drug-likeness (QED) is 0.454.